The minimum Gasteiger partial charge on any atom is -0.277 e. The van der Waals surface area contributed by atoms with Gasteiger partial charge < -0.3 is 0 Å². The van der Waals surface area contributed by atoms with Crippen LogP contribution >= 0.6 is 22.9 Å². The number of benzene rings is 1. The van der Waals surface area contributed by atoms with Crippen LogP contribution in [0.25, 0.3) is 10.2 Å². The maximum Gasteiger partial charge on any atom is 0.278 e. The summed E-state index contributed by atoms with van der Waals surface area (Å²) in [5.41, 5.74) is 2.93. The van der Waals surface area contributed by atoms with Crippen molar-refractivity contribution in [3.05, 3.63) is 70.8 Å². The Bertz CT molecular complexity index is 1100. The van der Waals surface area contributed by atoms with E-state index in [9.17, 15) is 4.79 Å². The third kappa shape index (κ3) is 3.43. The quantitative estimate of drug-likeness (QED) is 0.516. The second-order valence-electron chi connectivity index (χ2n) is 6.12. The zero-order valence-electron chi connectivity index (χ0n) is 14.8. The molecule has 4 rings (SSSR count). The summed E-state index contributed by atoms with van der Waals surface area (Å²) in [6, 6.07) is 11.1. The third-order valence-electron chi connectivity index (χ3n) is 4.19. The van der Waals surface area contributed by atoms with Gasteiger partial charge in [-0.3, -0.25) is 19.4 Å². The highest BCUT2D eigenvalue weighted by Gasteiger charge is 2.26. The van der Waals surface area contributed by atoms with Gasteiger partial charge >= 0.3 is 0 Å². The van der Waals surface area contributed by atoms with E-state index in [0.717, 1.165) is 21.5 Å². The second-order valence-corrected chi connectivity index (χ2v) is 7.57. The van der Waals surface area contributed by atoms with Gasteiger partial charge in [0.15, 0.2) is 5.13 Å². The number of nitrogens with zero attached hydrogens (tertiary/aromatic N) is 5. The van der Waals surface area contributed by atoms with Gasteiger partial charge in [0, 0.05) is 18.3 Å². The third-order valence-corrected chi connectivity index (χ3v) is 5.46. The molecular weight excluding hydrogens is 382 g/mol. The first-order valence-corrected chi connectivity index (χ1v) is 9.49. The van der Waals surface area contributed by atoms with Crippen molar-refractivity contribution in [2.24, 2.45) is 7.05 Å². The maximum atomic E-state index is 13.4. The zero-order valence-corrected chi connectivity index (χ0v) is 16.3. The van der Waals surface area contributed by atoms with Gasteiger partial charge in [-0.25, -0.2) is 4.98 Å². The Balaban J connectivity index is 1.80. The highest BCUT2D eigenvalue weighted by atomic mass is 35.5. The van der Waals surface area contributed by atoms with Crippen molar-refractivity contribution >= 4 is 44.2 Å². The summed E-state index contributed by atoms with van der Waals surface area (Å²) in [6.07, 6.45) is 3.40. The van der Waals surface area contributed by atoms with Crippen LogP contribution in [0.15, 0.2) is 48.8 Å². The van der Waals surface area contributed by atoms with Crippen LogP contribution in [0.4, 0.5) is 5.13 Å². The standard InChI is InChI=1S/C19H16ClN5OS/c1-12-10-22-24(2)17(12)18(26)25(11-14-5-3-4-8-21-14)19-23-15-7-6-13(20)9-16(15)27-19/h3-10H,11H2,1-2H3. The fourth-order valence-corrected chi connectivity index (χ4v) is 4.10. The molecule has 6 nitrogen and oxygen atoms in total. The molecule has 0 spiro atoms. The first-order valence-electron chi connectivity index (χ1n) is 8.29. The number of aryl methyl sites for hydroxylation is 2. The van der Waals surface area contributed by atoms with Crippen molar-refractivity contribution in [1.29, 1.82) is 0 Å². The van der Waals surface area contributed by atoms with Crippen molar-refractivity contribution < 1.29 is 4.79 Å². The van der Waals surface area contributed by atoms with E-state index < -0.39 is 0 Å². The molecule has 27 heavy (non-hydrogen) atoms. The Morgan fingerprint density at radius 2 is 2.15 bits per heavy atom. The van der Waals surface area contributed by atoms with Crippen LogP contribution in [0.5, 0.6) is 0 Å². The predicted molar refractivity (Wildman–Crippen MR) is 107 cm³/mol. The van der Waals surface area contributed by atoms with E-state index >= 15 is 0 Å². The Morgan fingerprint density at radius 3 is 2.85 bits per heavy atom. The zero-order chi connectivity index (χ0) is 19.0. The number of carbonyl (C=O) groups is 1. The first-order chi connectivity index (χ1) is 13.0. The predicted octanol–water partition coefficient (Wildman–Crippen LogP) is 4.23. The van der Waals surface area contributed by atoms with Crippen molar-refractivity contribution in [2.75, 3.05) is 4.90 Å². The lowest BCUT2D eigenvalue weighted by atomic mass is 10.2. The lowest BCUT2D eigenvalue weighted by Gasteiger charge is -2.20. The summed E-state index contributed by atoms with van der Waals surface area (Å²) in [5, 5.41) is 5.44. The van der Waals surface area contributed by atoms with Crippen LogP contribution in [0, 0.1) is 6.92 Å². The molecule has 0 bridgehead atoms. The molecule has 0 aliphatic carbocycles. The number of hydrogen-bond donors (Lipinski definition) is 0. The average molecular weight is 398 g/mol. The van der Waals surface area contributed by atoms with Crippen molar-refractivity contribution in [3.8, 4) is 0 Å². The smallest absolute Gasteiger partial charge is 0.277 e. The topological polar surface area (TPSA) is 63.9 Å². The van der Waals surface area contributed by atoms with E-state index in [-0.39, 0.29) is 5.91 Å². The summed E-state index contributed by atoms with van der Waals surface area (Å²) in [5.74, 6) is -0.164. The summed E-state index contributed by atoms with van der Waals surface area (Å²) >= 11 is 7.53. The molecular formula is C19H16ClN5OS. The molecule has 8 heteroatoms. The molecule has 0 aliphatic rings. The average Bonchev–Trinajstić information content (AvgIpc) is 3.22. The highest BCUT2D eigenvalue weighted by Crippen LogP contribution is 2.32. The summed E-state index contributed by atoms with van der Waals surface area (Å²) in [6.45, 7) is 2.19. The minimum atomic E-state index is -0.164. The van der Waals surface area contributed by atoms with Gasteiger partial charge in [0.25, 0.3) is 5.91 Å². The molecule has 3 aromatic heterocycles. The monoisotopic (exact) mass is 397 g/mol. The van der Waals surface area contributed by atoms with E-state index in [1.807, 2.05) is 37.3 Å². The van der Waals surface area contributed by atoms with Crippen molar-refractivity contribution in [2.45, 2.75) is 13.5 Å². The molecule has 3 heterocycles. The SMILES string of the molecule is Cc1cnn(C)c1C(=O)N(Cc1ccccn1)c1nc2ccc(Cl)cc2s1. The minimum absolute atomic E-state index is 0.164. The molecule has 0 saturated carbocycles. The van der Waals surface area contributed by atoms with Crippen LogP contribution in [0.1, 0.15) is 21.7 Å². The number of thiazole rings is 1. The maximum absolute atomic E-state index is 13.4. The number of anilines is 1. The summed E-state index contributed by atoms with van der Waals surface area (Å²) in [7, 11) is 1.76. The molecule has 0 N–H and O–H groups in total. The van der Waals surface area contributed by atoms with Gasteiger partial charge in [-0.1, -0.05) is 29.0 Å². The second kappa shape index (κ2) is 7.09. The van der Waals surface area contributed by atoms with Crippen LogP contribution in [0.3, 0.4) is 0 Å². The Labute approximate surface area is 165 Å². The van der Waals surface area contributed by atoms with E-state index in [2.05, 4.69) is 15.1 Å². The number of amides is 1. The summed E-state index contributed by atoms with van der Waals surface area (Å²) in [4.78, 5) is 24.0. The number of halogens is 1. The van der Waals surface area contributed by atoms with Gasteiger partial charge in [0.2, 0.25) is 0 Å². The first kappa shape index (κ1) is 17.6. The van der Waals surface area contributed by atoms with Gasteiger partial charge in [-0.2, -0.15) is 5.10 Å². The van der Waals surface area contributed by atoms with E-state index in [1.54, 1.807) is 35.1 Å². The molecule has 0 fully saturated rings. The Hall–Kier alpha value is -2.77. The number of pyridine rings is 1. The number of carbonyl (C=O) groups excluding carboxylic acids is 1. The lowest BCUT2D eigenvalue weighted by molar-refractivity contribution is 0.0975. The Morgan fingerprint density at radius 1 is 1.30 bits per heavy atom. The molecule has 0 atom stereocenters. The summed E-state index contributed by atoms with van der Waals surface area (Å²) < 4.78 is 2.52. The van der Waals surface area contributed by atoms with Gasteiger partial charge in [0.05, 0.1) is 28.7 Å². The van der Waals surface area contributed by atoms with Crippen molar-refractivity contribution in [3.63, 3.8) is 0 Å². The van der Waals surface area contributed by atoms with Crippen LogP contribution < -0.4 is 4.90 Å². The highest BCUT2D eigenvalue weighted by molar-refractivity contribution is 7.22. The van der Waals surface area contributed by atoms with E-state index in [4.69, 9.17) is 11.6 Å². The van der Waals surface area contributed by atoms with Crippen molar-refractivity contribution in [1.82, 2.24) is 19.7 Å². The molecule has 0 saturated heterocycles. The molecule has 0 unspecified atom stereocenters. The molecule has 1 aromatic carbocycles. The molecule has 1 amide bonds. The lowest BCUT2D eigenvalue weighted by Crippen LogP contribution is -2.32. The fourth-order valence-electron chi connectivity index (χ4n) is 2.86. The molecule has 4 aromatic rings. The van der Waals surface area contributed by atoms with Crippen LogP contribution in [-0.4, -0.2) is 25.7 Å². The molecule has 0 aliphatic heterocycles. The number of aromatic nitrogens is 4. The van der Waals surface area contributed by atoms with Crippen LogP contribution in [-0.2, 0) is 13.6 Å². The van der Waals surface area contributed by atoms with Gasteiger partial charge in [0.1, 0.15) is 5.69 Å². The molecule has 0 radical (unpaired) electrons. The number of rotatable bonds is 4. The number of fused-ring (bicyclic) bond motifs is 1. The normalized spacial score (nSPS) is 11.1. The largest absolute Gasteiger partial charge is 0.278 e. The van der Waals surface area contributed by atoms with Gasteiger partial charge in [-0.05, 0) is 42.8 Å². The Kier molecular flexibility index (Phi) is 4.63. The van der Waals surface area contributed by atoms with Gasteiger partial charge in [-0.15, -0.1) is 0 Å². The van der Waals surface area contributed by atoms with Crippen LogP contribution in [0.2, 0.25) is 5.02 Å². The molecule has 136 valence electrons. The fraction of sp³-hybridized carbons (Fsp3) is 0.158. The van der Waals surface area contributed by atoms with E-state index in [0.29, 0.717) is 22.4 Å². The van der Waals surface area contributed by atoms with E-state index in [1.165, 1.54) is 11.3 Å². The number of hydrogen-bond acceptors (Lipinski definition) is 5.